The number of hydrogen-bond acceptors (Lipinski definition) is 3. The van der Waals surface area contributed by atoms with Gasteiger partial charge in [-0.05, 0) is 19.3 Å². The highest BCUT2D eigenvalue weighted by Crippen LogP contribution is 2.37. The summed E-state index contributed by atoms with van der Waals surface area (Å²) in [5.41, 5.74) is 4.93. The Hall–Kier alpha value is -1.10. The van der Waals surface area contributed by atoms with Crippen molar-refractivity contribution in [2.24, 2.45) is 11.1 Å². The summed E-state index contributed by atoms with van der Waals surface area (Å²) in [6.45, 7) is 2.16. The van der Waals surface area contributed by atoms with Crippen LogP contribution in [0.2, 0.25) is 0 Å². The predicted octanol–water partition coefficient (Wildman–Crippen LogP) is 0.875. The zero-order valence-corrected chi connectivity index (χ0v) is 10.4. The largest absolute Gasteiger partial charge is 0.481 e. The van der Waals surface area contributed by atoms with Crippen molar-refractivity contribution in [1.82, 2.24) is 5.32 Å². The van der Waals surface area contributed by atoms with Crippen LogP contribution in [0.4, 0.5) is 0 Å². The third-order valence-corrected chi connectivity index (χ3v) is 3.61. The maximum atomic E-state index is 11.5. The zero-order valence-electron chi connectivity index (χ0n) is 10.4. The summed E-state index contributed by atoms with van der Waals surface area (Å²) in [6, 6.07) is -0.139. The Bertz CT molecular complexity index is 285. The molecule has 5 heteroatoms. The highest BCUT2D eigenvalue weighted by molar-refractivity contribution is 5.79. The fourth-order valence-electron chi connectivity index (χ4n) is 2.24. The number of aliphatic carboxylic acids is 1. The van der Waals surface area contributed by atoms with Crippen molar-refractivity contribution >= 4 is 11.9 Å². The molecule has 1 aliphatic rings. The Kier molecular flexibility index (Phi) is 4.93. The van der Waals surface area contributed by atoms with Crippen LogP contribution in [0.15, 0.2) is 0 Å². The first-order valence-electron chi connectivity index (χ1n) is 6.26. The van der Waals surface area contributed by atoms with Crippen LogP contribution in [-0.4, -0.2) is 29.6 Å². The van der Waals surface area contributed by atoms with Gasteiger partial charge in [0.2, 0.25) is 5.91 Å². The molecule has 0 aromatic carbocycles. The molecule has 0 heterocycles. The second-order valence-corrected chi connectivity index (χ2v) is 4.94. The van der Waals surface area contributed by atoms with E-state index in [1.165, 1.54) is 0 Å². The number of hydrogen-bond donors (Lipinski definition) is 3. The van der Waals surface area contributed by atoms with Gasteiger partial charge in [0.25, 0.3) is 0 Å². The molecule has 0 bridgehead atoms. The topological polar surface area (TPSA) is 92.4 Å². The third kappa shape index (κ3) is 3.70. The monoisotopic (exact) mass is 242 g/mol. The standard InChI is InChI=1S/C12H22N2O3/c1-2-9(13)7-10(15)14-8-12(11(16)17)5-3-4-6-12/h9H,2-8,13H2,1H3,(H,14,15)(H,16,17). The molecule has 1 aliphatic carbocycles. The molecule has 1 unspecified atom stereocenters. The Labute approximate surface area is 102 Å². The van der Waals surface area contributed by atoms with Gasteiger partial charge >= 0.3 is 5.97 Å². The predicted molar refractivity (Wildman–Crippen MR) is 64.4 cm³/mol. The van der Waals surface area contributed by atoms with E-state index in [1.54, 1.807) is 0 Å². The first-order valence-corrected chi connectivity index (χ1v) is 6.26. The first-order chi connectivity index (χ1) is 8.00. The summed E-state index contributed by atoms with van der Waals surface area (Å²) in [4.78, 5) is 22.8. The molecule has 0 radical (unpaired) electrons. The fraction of sp³-hybridized carbons (Fsp3) is 0.833. The molecule has 5 nitrogen and oxygen atoms in total. The highest BCUT2D eigenvalue weighted by Gasteiger charge is 2.41. The average Bonchev–Trinajstić information content (AvgIpc) is 2.76. The Balaban J connectivity index is 2.42. The van der Waals surface area contributed by atoms with E-state index >= 15 is 0 Å². The molecule has 1 fully saturated rings. The molecule has 17 heavy (non-hydrogen) atoms. The molecule has 4 N–H and O–H groups in total. The maximum absolute atomic E-state index is 11.5. The van der Waals surface area contributed by atoms with Gasteiger partial charge in [0.05, 0.1) is 5.41 Å². The van der Waals surface area contributed by atoms with Crippen molar-refractivity contribution in [3.8, 4) is 0 Å². The van der Waals surface area contributed by atoms with Crippen LogP contribution in [-0.2, 0) is 9.59 Å². The molecular formula is C12H22N2O3. The van der Waals surface area contributed by atoms with Crippen molar-refractivity contribution in [3.63, 3.8) is 0 Å². The minimum absolute atomic E-state index is 0.139. The molecule has 1 amide bonds. The van der Waals surface area contributed by atoms with Gasteiger partial charge in [0.1, 0.15) is 0 Å². The highest BCUT2D eigenvalue weighted by atomic mass is 16.4. The van der Waals surface area contributed by atoms with E-state index in [9.17, 15) is 14.7 Å². The first kappa shape index (κ1) is 14.0. The lowest BCUT2D eigenvalue weighted by molar-refractivity contribution is -0.148. The van der Waals surface area contributed by atoms with E-state index in [0.717, 1.165) is 19.3 Å². The number of carbonyl (C=O) groups is 2. The van der Waals surface area contributed by atoms with Crippen LogP contribution < -0.4 is 11.1 Å². The second-order valence-electron chi connectivity index (χ2n) is 4.94. The number of rotatable bonds is 6. The van der Waals surface area contributed by atoms with Gasteiger partial charge in [-0.3, -0.25) is 9.59 Å². The molecule has 0 spiro atoms. The quantitative estimate of drug-likeness (QED) is 0.644. The van der Waals surface area contributed by atoms with Gasteiger partial charge in [0, 0.05) is 19.0 Å². The van der Waals surface area contributed by atoms with Crippen molar-refractivity contribution in [3.05, 3.63) is 0 Å². The second kappa shape index (κ2) is 6.00. The number of nitrogens with two attached hydrogens (primary N) is 1. The molecule has 1 rings (SSSR count). The van der Waals surface area contributed by atoms with Crippen molar-refractivity contribution < 1.29 is 14.7 Å². The summed E-state index contributed by atoms with van der Waals surface area (Å²) in [5.74, 6) is -0.943. The third-order valence-electron chi connectivity index (χ3n) is 3.61. The van der Waals surface area contributed by atoms with Crippen LogP contribution in [0.25, 0.3) is 0 Å². The van der Waals surface area contributed by atoms with Crippen LogP contribution in [0.1, 0.15) is 45.4 Å². The number of nitrogens with one attached hydrogen (secondary N) is 1. The van der Waals surface area contributed by atoms with Gasteiger partial charge in [-0.1, -0.05) is 19.8 Å². The maximum Gasteiger partial charge on any atom is 0.311 e. The Morgan fingerprint density at radius 2 is 2.00 bits per heavy atom. The number of carbonyl (C=O) groups excluding carboxylic acids is 1. The van der Waals surface area contributed by atoms with E-state index < -0.39 is 11.4 Å². The lowest BCUT2D eigenvalue weighted by atomic mass is 9.86. The average molecular weight is 242 g/mol. The van der Waals surface area contributed by atoms with E-state index in [4.69, 9.17) is 5.73 Å². The lowest BCUT2D eigenvalue weighted by Crippen LogP contribution is -2.42. The lowest BCUT2D eigenvalue weighted by Gasteiger charge is -2.24. The minimum Gasteiger partial charge on any atom is -0.481 e. The molecule has 0 aliphatic heterocycles. The molecule has 1 saturated carbocycles. The van der Waals surface area contributed by atoms with Gasteiger partial charge in [-0.2, -0.15) is 0 Å². The smallest absolute Gasteiger partial charge is 0.311 e. The minimum atomic E-state index is -0.796. The molecular weight excluding hydrogens is 220 g/mol. The fourth-order valence-corrected chi connectivity index (χ4v) is 2.24. The van der Waals surface area contributed by atoms with Crippen LogP contribution >= 0.6 is 0 Å². The van der Waals surface area contributed by atoms with Gasteiger partial charge in [-0.25, -0.2) is 0 Å². The van der Waals surface area contributed by atoms with E-state index in [-0.39, 0.29) is 24.9 Å². The van der Waals surface area contributed by atoms with Gasteiger partial charge in [-0.15, -0.1) is 0 Å². The van der Waals surface area contributed by atoms with E-state index in [2.05, 4.69) is 5.32 Å². The summed E-state index contributed by atoms with van der Waals surface area (Å²) < 4.78 is 0. The van der Waals surface area contributed by atoms with Crippen molar-refractivity contribution in [2.45, 2.75) is 51.5 Å². The molecule has 0 aromatic rings. The molecule has 0 saturated heterocycles. The van der Waals surface area contributed by atoms with Crippen molar-refractivity contribution in [2.75, 3.05) is 6.54 Å². The molecule has 0 aromatic heterocycles. The van der Waals surface area contributed by atoms with Crippen molar-refractivity contribution in [1.29, 1.82) is 0 Å². The molecule has 1 atom stereocenters. The zero-order chi connectivity index (χ0) is 12.9. The number of amides is 1. The summed E-state index contributed by atoms with van der Waals surface area (Å²) in [6.07, 6.45) is 4.18. The number of carboxylic acid groups (broad SMARTS) is 1. The Morgan fingerprint density at radius 3 is 2.47 bits per heavy atom. The molecule has 98 valence electrons. The number of carboxylic acids is 1. The van der Waals surface area contributed by atoms with Gasteiger partial charge in [0.15, 0.2) is 0 Å². The SMILES string of the molecule is CCC(N)CC(=O)NCC1(C(=O)O)CCCC1. The summed E-state index contributed by atoms with van der Waals surface area (Å²) in [7, 11) is 0. The Morgan fingerprint density at radius 1 is 1.41 bits per heavy atom. The summed E-state index contributed by atoms with van der Waals surface area (Å²) >= 11 is 0. The normalized spacial score (nSPS) is 19.9. The van der Waals surface area contributed by atoms with E-state index in [0.29, 0.717) is 12.8 Å². The van der Waals surface area contributed by atoms with Gasteiger partial charge < -0.3 is 16.2 Å². The van der Waals surface area contributed by atoms with Crippen LogP contribution in [0, 0.1) is 5.41 Å². The summed E-state index contributed by atoms with van der Waals surface area (Å²) in [5, 5.41) is 11.9. The van der Waals surface area contributed by atoms with E-state index in [1.807, 2.05) is 6.92 Å². The van der Waals surface area contributed by atoms with Crippen LogP contribution in [0.5, 0.6) is 0 Å². The van der Waals surface area contributed by atoms with Crippen LogP contribution in [0.3, 0.4) is 0 Å².